The van der Waals surface area contributed by atoms with Crippen molar-refractivity contribution in [1.82, 2.24) is 0 Å². The first-order valence-electron chi connectivity index (χ1n) is 4.94. The van der Waals surface area contributed by atoms with Gasteiger partial charge in [0, 0.05) is 0 Å². The van der Waals surface area contributed by atoms with Gasteiger partial charge in [-0.2, -0.15) is 0 Å². The fourth-order valence-electron chi connectivity index (χ4n) is 2.15. The molecule has 0 aromatic heterocycles. The molecule has 1 unspecified atom stereocenters. The topological polar surface area (TPSA) is 0 Å². The van der Waals surface area contributed by atoms with E-state index in [2.05, 4.69) is 13.0 Å². The molecule has 0 aliphatic heterocycles. The summed E-state index contributed by atoms with van der Waals surface area (Å²) in [6.45, 7) is 4.16. The van der Waals surface area contributed by atoms with Crippen LogP contribution in [0.5, 0.6) is 0 Å². The van der Waals surface area contributed by atoms with Crippen LogP contribution >= 0.6 is 0 Å². The Hall–Kier alpha value is -0.850. The molecule has 0 bridgehead atoms. The Balaban J connectivity index is 2.47. The second kappa shape index (κ2) is 3.13. The highest BCUT2D eigenvalue weighted by Gasteiger charge is 2.18. The Morgan fingerprint density at radius 2 is 2.15 bits per heavy atom. The zero-order chi connectivity index (χ0) is 9.42. The number of hydrogen-bond acceptors (Lipinski definition) is 0. The average molecular weight is 178 g/mol. The number of halogens is 1. The van der Waals surface area contributed by atoms with Crippen molar-refractivity contribution in [2.75, 3.05) is 0 Å². The lowest BCUT2D eigenvalue weighted by Crippen LogP contribution is -2.13. The van der Waals surface area contributed by atoms with E-state index in [1.54, 1.807) is 6.07 Å². The Kier molecular flexibility index (Phi) is 2.10. The SMILES string of the molecule is Cc1cc(F)c2c(c1)CCC(C)C2. The highest BCUT2D eigenvalue weighted by Crippen LogP contribution is 2.28. The van der Waals surface area contributed by atoms with Crippen molar-refractivity contribution in [2.24, 2.45) is 5.92 Å². The molecule has 1 aromatic carbocycles. The third kappa shape index (κ3) is 1.60. The molecule has 70 valence electrons. The summed E-state index contributed by atoms with van der Waals surface area (Å²) in [5.41, 5.74) is 3.24. The molecule has 0 spiro atoms. The van der Waals surface area contributed by atoms with Gasteiger partial charge in [-0.3, -0.25) is 0 Å². The van der Waals surface area contributed by atoms with Gasteiger partial charge in [0.05, 0.1) is 0 Å². The minimum Gasteiger partial charge on any atom is -0.207 e. The summed E-state index contributed by atoms with van der Waals surface area (Å²) in [7, 11) is 0. The molecular formula is C12H15F. The normalized spacial score (nSPS) is 21.3. The van der Waals surface area contributed by atoms with E-state index in [-0.39, 0.29) is 5.82 Å². The molecule has 0 N–H and O–H groups in total. The first-order valence-corrected chi connectivity index (χ1v) is 4.94. The van der Waals surface area contributed by atoms with E-state index in [1.165, 1.54) is 12.0 Å². The summed E-state index contributed by atoms with van der Waals surface area (Å²) in [6.07, 6.45) is 3.17. The standard InChI is InChI=1S/C12H15F/c1-8-3-4-10-5-9(2)7-12(13)11(10)6-8/h5,7-8H,3-4,6H2,1-2H3. The van der Waals surface area contributed by atoms with E-state index in [9.17, 15) is 4.39 Å². The Morgan fingerprint density at radius 3 is 2.92 bits per heavy atom. The third-order valence-corrected chi connectivity index (χ3v) is 2.89. The van der Waals surface area contributed by atoms with E-state index in [4.69, 9.17) is 0 Å². The van der Waals surface area contributed by atoms with Crippen molar-refractivity contribution in [3.05, 3.63) is 34.6 Å². The summed E-state index contributed by atoms with van der Waals surface area (Å²) in [4.78, 5) is 0. The maximum Gasteiger partial charge on any atom is 0.126 e. The van der Waals surface area contributed by atoms with Gasteiger partial charge in [0.2, 0.25) is 0 Å². The molecule has 2 rings (SSSR count). The lowest BCUT2D eigenvalue weighted by molar-refractivity contribution is 0.477. The highest BCUT2D eigenvalue weighted by atomic mass is 19.1. The van der Waals surface area contributed by atoms with Gasteiger partial charge in [-0.1, -0.05) is 13.0 Å². The minimum atomic E-state index is 0.00144. The van der Waals surface area contributed by atoms with E-state index in [0.29, 0.717) is 5.92 Å². The van der Waals surface area contributed by atoms with E-state index in [1.807, 2.05) is 6.92 Å². The Bertz CT molecular complexity index is 328. The first kappa shape index (κ1) is 8.74. The van der Waals surface area contributed by atoms with Crippen LogP contribution in [-0.2, 0) is 12.8 Å². The van der Waals surface area contributed by atoms with E-state index in [0.717, 1.165) is 24.0 Å². The van der Waals surface area contributed by atoms with E-state index < -0.39 is 0 Å². The average Bonchev–Trinajstić information content (AvgIpc) is 2.06. The smallest absolute Gasteiger partial charge is 0.126 e. The predicted molar refractivity (Wildman–Crippen MR) is 52.3 cm³/mol. The molecule has 0 nitrogen and oxygen atoms in total. The van der Waals surface area contributed by atoms with Crippen LogP contribution < -0.4 is 0 Å². The van der Waals surface area contributed by atoms with Crippen molar-refractivity contribution in [3.63, 3.8) is 0 Å². The van der Waals surface area contributed by atoms with Gasteiger partial charge in [-0.15, -0.1) is 0 Å². The van der Waals surface area contributed by atoms with Crippen LogP contribution in [0.4, 0.5) is 4.39 Å². The largest absolute Gasteiger partial charge is 0.207 e. The minimum absolute atomic E-state index is 0.00144. The summed E-state index contributed by atoms with van der Waals surface area (Å²) in [5.74, 6) is 0.645. The molecule has 1 heteroatoms. The van der Waals surface area contributed by atoms with Gasteiger partial charge >= 0.3 is 0 Å². The molecule has 13 heavy (non-hydrogen) atoms. The number of hydrogen-bond donors (Lipinski definition) is 0. The van der Waals surface area contributed by atoms with Gasteiger partial charge < -0.3 is 0 Å². The molecule has 0 amide bonds. The maximum atomic E-state index is 13.5. The van der Waals surface area contributed by atoms with Crippen molar-refractivity contribution in [3.8, 4) is 0 Å². The second-order valence-corrected chi connectivity index (χ2v) is 4.23. The summed E-state index contributed by atoms with van der Waals surface area (Å²) >= 11 is 0. The molecular weight excluding hydrogens is 163 g/mol. The lowest BCUT2D eigenvalue weighted by atomic mass is 9.84. The molecule has 0 fully saturated rings. The van der Waals surface area contributed by atoms with Crippen LogP contribution in [0.15, 0.2) is 12.1 Å². The number of rotatable bonds is 0. The summed E-state index contributed by atoms with van der Waals surface area (Å²) in [6, 6.07) is 3.78. The zero-order valence-corrected chi connectivity index (χ0v) is 8.23. The second-order valence-electron chi connectivity index (χ2n) is 4.23. The molecule has 1 aliphatic rings. The molecule has 0 saturated heterocycles. The first-order chi connectivity index (χ1) is 6.16. The number of benzene rings is 1. The molecule has 0 saturated carbocycles. The van der Waals surface area contributed by atoms with E-state index >= 15 is 0 Å². The van der Waals surface area contributed by atoms with Crippen LogP contribution in [0.3, 0.4) is 0 Å². The summed E-state index contributed by atoms with van der Waals surface area (Å²) < 4.78 is 13.5. The molecule has 0 radical (unpaired) electrons. The quantitative estimate of drug-likeness (QED) is 0.572. The van der Waals surface area contributed by atoms with Gasteiger partial charge in [-0.25, -0.2) is 4.39 Å². The van der Waals surface area contributed by atoms with Gasteiger partial charge in [0.1, 0.15) is 5.82 Å². The zero-order valence-electron chi connectivity index (χ0n) is 8.23. The molecule has 1 aromatic rings. The Labute approximate surface area is 78.8 Å². The molecule has 1 atom stereocenters. The van der Waals surface area contributed by atoms with Crippen LogP contribution in [0, 0.1) is 18.7 Å². The fourth-order valence-corrected chi connectivity index (χ4v) is 2.15. The number of aryl methyl sites for hydroxylation is 2. The van der Waals surface area contributed by atoms with Crippen molar-refractivity contribution in [2.45, 2.75) is 33.1 Å². The van der Waals surface area contributed by atoms with Crippen molar-refractivity contribution in [1.29, 1.82) is 0 Å². The van der Waals surface area contributed by atoms with Crippen molar-refractivity contribution >= 4 is 0 Å². The van der Waals surface area contributed by atoms with Gasteiger partial charge in [0.15, 0.2) is 0 Å². The van der Waals surface area contributed by atoms with Crippen LogP contribution in [0.25, 0.3) is 0 Å². The monoisotopic (exact) mass is 178 g/mol. The lowest BCUT2D eigenvalue weighted by Gasteiger charge is -2.22. The molecule has 1 aliphatic carbocycles. The highest BCUT2D eigenvalue weighted by molar-refractivity contribution is 5.34. The molecule has 0 heterocycles. The van der Waals surface area contributed by atoms with Crippen molar-refractivity contribution < 1.29 is 4.39 Å². The Morgan fingerprint density at radius 1 is 1.38 bits per heavy atom. The van der Waals surface area contributed by atoms with Crippen LogP contribution in [0.1, 0.15) is 30.0 Å². The van der Waals surface area contributed by atoms with Crippen LogP contribution in [-0.4, -0.2) is 0 Å². The number of fused-ring (bicyclic) bond motifs is 1. The maximum absolute atomic E-state index is 13.5. The third-order valence-electron chi connectivity index (χ3n) is 2.89. The van der Waals surface area contributed by atoms with Crippen LogP contribution in [0.2, 0.25) is 0 Å². The van der Waals surface area contributed by atoms with Gasteiger partial charge in [0.25, 0.3) is 0 Å². The van der Waals surface area contributed by atoms with Gasteiger partial charge in [-0.05, 0) is 54.9 Å². The summed E-state index contributed by atoms with van der Waals surface area (Å²) in [5, 5.41) is 0. The predicted octanol–water partition coefficient (Wildman–Crippen LogP) is 3.26. The fraction of sp³-hybridized carbons (Fsp3) is 0.500.